The predicted molar refractivity (Wildman–Crippen MR) is 68.3 cm³/mol. The van der Waals surface area contributed by atoms with Crippen molar-refractivity contribution in [1.29, 1.82) is 0 Å². The van der Waals surface area contributed by atoms with Crippen LogP contribution < -0.4 is 10.6 Å². The summed E-state index contributed by atoms with van der Waals surface area (Å²) in [5, 5.41) is 5.92. The van der Waals surface area contributed by atoms with Crippen LogP contribution in [0.3, 0.4) is 0 Å². The van der Waals surface area contributed by atoms with Crippen LogP contribution in [0.5, 0.6) is 0 Å². The van der Waals surface area contributed by atoms with Crippen molar-refractivity contribution >= 4 is 27.5 Å². The van der Waals surface area contributed by atoms with Crippen molar-refractivity contribution in [2.45, 2.75) is 12.8 Å². The highest BCUT2D eigenvalue weighted by Gasteiger charge is 2.20. The summed E-state index contributed by atoms with van der Waals surface area (Å²) in [5.74, 6) is -0.432. The summed E-state index contributed by atoms with van der Waals surface area (Å²) in [6.07, 6.45) is 1.89. The molecule has 1 atom stereocenters. The van der Waals surface area contributed by atoms with Crippen molar-refractivity contribution in [3.8, 4) is 0 Å². The van der Waals surface area contributed by atoms with Crippen molar-refractivity contribution < 1.29 is 9.18 Å². The second-order valence-electron chi connectivity index (χ2n) is 4.16. The molecule has 1 amide bonds. The molecule has 0 unspecified atom stereocenters. The topological polar surface area (TPSA) is 41.1 Å². The molecule has 0 spiro atoms. The van der Waals surface area contributed by atoms with Gasteiger partial charge in [0.1, 0.15) is 5.82 Å². The Morgan fingerprint density at radius 2 is 2.35 bits per heavy atom. The SMILES string of the molecule is O=C(Nc1ccc(Br)c(F)c1)[C@@H]1CCCNC1. The van der Waals surface area contributed by atoms with Gasteiger partial charge in [-0.25, -0.2) is 4.39 Å². The van der Waals surface area contributed by atoms with Gasteiger partial charge in [0.15, 0.2) is 0 Å². The maximum Gasteiger partial charge on any atom is 0.228 e. The fourth-order valence-electron chi connectivity index (χ4n) is 1.89. The smallest absolute Gasteiger partial charge is 0.228 e. The van der Waals surface area contributed by atoms with Crippen LogP contribution in [0, 0.1) is 11.7 Å². The average molecular weight is 301 g/mol. The Balaban J connectivity index is 1.99. The molecule has 92 valence electrons. The number of benzene rings is 1. The highest BCUT2D eigenvalue weighted by molar-refractivity contribution is 9.10. The number of anilines is 1. The third kappa shape index (κ3) is 3.26. The third-order valence-corrected chi connectivity index (χ3v) is 3.50. The van der Waals surface area contributed by atoms with E-state index < -0.39 is 0 Å². The van der Waals surface area contributed by atoms with E-state index in [0.29, 0.717) is 16.7 Å². The molecule has 1 aliphatic heterocycles. The lowest BCUT2D eigenvalue weighted by molar-refractivity contribution is -0.120. The highest BCUT2D eigenvalue weighted by Crippen LogP contribution is 2.20. The van der Waals surface area contributed by atoms with Crippen LogP contribution >= 0.6 is 15.9 Å². The molecule has 0 aliphatic carbocycles. The Kier molecular flexibility index (Phi) is 4.12. The highest BCUT2D eigenvalue weighted by atomic mass is 79.9. The zero-order valence-corrected chi connectivity index (χ0v) is 10.9. The standard InChI is InChI=1S/C12H14BrFN2O/c13-10-4-3-9(6-11(10)14)16-12(17)8-2-1-5-15-7-8/h3-4,6,8,15H,1-2,5,7H2,(H,16,17)/t8-/m1/s1. The molecule has 2 rings (SSSR count). The van der Waals surface area contributed by atoms with E-state index in [0.717, 1.165) is 19.4 Å². The van der Waals surface area contributed by atoms with E-state index in [4.69, 9.17) is 0 Å². The molecule has 0 bridgehead atoms. The average Bonchev–Trinajstić information content (AvgIpc) is 2.35. The summed E-state index contributed by atoms with van der Waals surface area (Å²) in [5.41, 5.74) is 0.501. The van der Waals surface area contributed by atoms with E-state index >= 15 is 0 Å². The van der Waals surface area contributed by atoms with Gasteiger partial charge in [0, 0.05) is 12.2 Å². The molecule has 0 saturated carbocycles. The first-order valence-electron chi connectivity index (χ1n) is 5.63. The molecule has 1 fully saturated rings. The Labute approximate surface area is 108 Å². The van der Waals surface area contributed by atoms with Gasteiger partial charge in [-0.1, -0.05) is 0 Å². The first-order chi connectivity index (χ1) is 8.16. The summed E-state index contributed by atoms with van der Waals surface area (Å²) in [4.78, 5) is 11.9. The maximum atomic E-state index is 13.3. The lowest BCUT2D eigenvalue weighted by atomic mass is 9.99. The van der Waals surface area contributed by atoms with E-state index in [1.54, 1.807) is 12.1 Å². The maximum absolute atomic E-state index is 13.3. The Bertz CT molecular complexity index is 419. The van der Waals surface area contributed by atoms with Gasteiger partial charge in [0.05, 0.1) is 10.4 Å². The van der Waals surface area contributed by atoms with Crippen LogP contribution in [0.1, 0.15) is 12.8 Å². The summed E-state index contributed by atoms with van der Waals surface area (Å²) >= 11 is 3.07. The first kappa shape index (κ1) is 12.5. The lowest BCUT2D eigenvalue weighted by Gasteiger charge is -2.21. The molecule has 1 heterocycles. The van der Waals surface area contributed by atoms with Crippen LogP contribution in [0.4, 0.5) is 10.1 Å². The summed E-state index contributed by atoms with van der Waals surface area (Å²) in [7, 11) is 0. The molecule has 0 radical (unpaired) electrons. The van der Waals surface area contributed by atoms with Crippen LogP contribution in [-0.2, 0) is 4.79 Å². The molecule has 3 nitrogen and oxygen atoms in total. The summed E-state index contributed by atoms with van der Waals surface area (Å²) in [6.45, 7) is 1.67. The summed E-state index contributed by atoms with van der Waals surface area (Å²) < 4.78 is 13.7. The number of halogens is 2. The van der Waals surface area contributed by atoms with Crippen LogP contribution in [-0.4, -0.2) is 19.0 Å². The number of carbonyl (C=O) groups excluding carboxylic acids is 1. The molecule has 1 saturated heterocycles. The first-order valence-corrected chi connectivity index (χ1v) is 6.43. The molecule has 5 heteroatoms. The molecule has 2 N–H and O–H groups in total. The van der Waals surface area contributed by atoms with Gasteiger partial charge in [-0.2, -0.15) is 0 Å². The fraction of sp³-hybridized carbons (Fsp3) is 0.417. The molecule has 0 aromatic heterocycles. The minimum Gasteiger partial charge on any atom is -0.326 e. The van der Waals surface area contributed by atoms with Crippen molar-refractivity contribution in [2.24, 2.45) is 5.92 Å². The number of nitrogens with one attached hydrogen (secondary N) is 2. The lowest BCUT2D eigenvalue weighted by Crippen LogP contribution is -2.37. The number of amides is 1. The van der Waals surface area contributed by atoms with Crippen molar-refractivity contribution in [3.63, 3.8) is 0 Å². The number of rotatable bonds is 2. The monoisotopic (exact) mass is 300 g/mol. The van der Waals surface area contributed by atoms with Gasteiger partial charge in [-0.05, 0) is 53.5 Å². The minimum atomic E-state index is -0.371. The third-order valence-electron chi connectivity index (χ3n) is 2.85. The van der Waals surface area contributed by atoms with Gasteiger partial charge in [-0.15, -0.1) is 0 Å². The minimum absolute atomic E-state index is 0.0181. The van der Waals surface area contributed by atoms with Gasteiger partial charge in [0.25, 0.3) is 0 Å². The molecule has 1 aliphatic rings. The van der Waals surface area contributed by atoms with Crippen molar-refractivity contribution in [2.75, 3.05) is 18.4 Å². The van der Waals surface area contributed by atoms with E-state index in [1.165, 1.54) is 6.07 Å². The molecule has 1 aromatic carbocycles. The van der Waals surface area contributed by atoms with Gasteiger partial charge >= 0.3 is 0 Å². The molecule has 1 aromatic rings. The Hall–Kier alpha value is -0.940. The van der Waals surface area contributed by atoms with E-state index in [1.807, 2.05) is 0 Å². The van der Waals surface area contributed by atoms with Crippen molar-refractivity contribution in [1.82, 2.24) is 5.32 Å². The number of hydrogen-bond acceptors (Lipinski definition) is 2. The zero-order chi connectivity index (χ0) is 12.3. The van der Waals surface area contributed by atoms with E-state index in [-0.39, 0.29) is 17.6 Å². The molecular weight excluding hydrogens is 287 g/mol. The quantitative estimate of drug-likeness (QED) is 0.881. The number of hydrogen-bond donors (Lipinski definition) is 2. The predicted octanol–water partition coefficient (Wildman–Crippen LogP) is 2.53. The van der Waals surface area contributed by atoms with Crippen LogP contribution in [0.2, 0.25) is 0 Å². The fourth-order valence-corrected chi connectivity index (χ4v) is 2.14. The van der Waals surface area contributed by atoms with E-state index in [9.17, 15) is 9.18 Å². The number of piperidine rings is 1. The zero-order valence-electron chi connectivity index (χ0n) is 9.30. The number of carbonyl (C=O) groups is 1. The molecular formula is C12H14BrFN2O. The summed E-state index contributed by atoms with van der Waals surface area (Å²) in [6, 6.07) is 4.59. The van der Waals surface area contributed by atoms with E-state index in [2.05, 4.69) is 26.6 Å². The van der Waals surface area contributed by atoms with Crippen LogP contribution in [0.25, 0.3) is 0 Å². The van der Waals surface area contributed by atoms with Gasteiger partial charge in [-0.3, -0.25) is 4.79 Å². The molecule has 17 heavy (non-hydrogen) atoms. The Morgan fingerprint density at radius 3 is 3.00 bits per heavy atom. The Morgan fingerprint density at radius 1 is 1.53 bits per heavy atom. The van der Waals surface area contributed by atoms with Gasteiger partial charge in [0.2, 0.25) is 5.91 Å². The van der Waals surface area contributed by atoms with Crippen molar-refractivity contribution in [3.05, 3.63) is 28.5 Å². The second kappa shape index (κ2) is 5.60. The normalized spacial score (nSPS) is 20.0. The van der Waals surface area contributed by atoms with Crippen LogP contribution in [0.15, 0.2) is 22.7 Å². The van der Waals surface area contributed by atoms with Gasteiger partial charge < -0.3 is 10.6 Å². The largest absolute Gasteiger partial charge is 0.326 e. The second-order valence-corrected chi connectivity index (χ2v) is 5.02.